The van der Waals surface area contributed by atoms with E-state index in [1.54, 1.807) is 12.0 Å². The van der Waals surface area contributed by atoms with E-state index in [1.807, 2.05) is 38.2 Å². The monoisotopic (exact) mass is 276 g/mol. The van der Waals surface area contributed by atoms with Gasteiger partial charge in [0.15, 0.2) is 0 Å². The van der Waals surface area contributed by atoms with Gasteiger partial charge in [0.2, 0.25) is 5.91 Å². The SMILES string of the molecule is COc1ccccc1CN(C)C(=O)C1(C)CCCC1N. The molecule has 110 valence electrons. The molecular formula is C16H24N2O2. The van der Waals surface area contributed by atoms with Gasteiger partial charge in [-0.2, -0.15) is 0 Å². The third-order valence-corrected chi connectivity index (χ3v) is 4.46. The van der Waals surface area contributed by atoms with Crippen molar-refractivity contribution in [1.29, 1.82) is 0 Å². The summed E-state index contributed by atoms with van der Waals surface area (Å²) in [6.45, 7) is 2.54. The summed E-state index contributed by atoms with van der Waals surface area (Å²) >= 11 is 0. The molecule has 2 rings (SSSR count). The molecule has 1 saturated carbocycles. The summed E-state index contributed by atoms with van der Waals surface area (Å²) in [5.41, 5.74) is 6.72. The molecule has 0 aliphatic heterocycles. The smallest absolute Gasteiger partial charge is 0.230 e. The van der Waals surface area contributed by atoms with E-state index in [9.17, 15) is 4.79 Å². The molecule has 20 heavy (non-hydrogen) atoms. The number of nitrogens with zero attached hydrogens (tertiary/aromatic N) is 1. The van der Waals surface area contributed by atoms with Crippen LogP contribution in [0.25, 0.3) is 0 Å². The predicted molar refractivity (Wildman–Crippen MR) is 79.4 cm³/mol. The third kappa shape index (κ3) is 2.66. The lowest BCUT2D eigenvalue weighted by Gasteiger charge is -2.32. The molecule has 2 atom stereocenters. The molecule has 2 unspecified atom stereocenters. The van der Waals surface area contributed by atoms with Crippen LogP contribution in [0.15, 0.2) is 24.3 Å². The fraction of sp³-hybridized carbons (Fsp3) is 0.562. The van der Waals surface area contributed by atoms with Crippen molar-refractivity contribution in [2.75, 3.05) is 14.2 Å². The zero-order valence-electron chi connectivity index (χ0n) is 12.6. The Bertz CT molecular complexity index is 489. The van der Waals surface area contributed by atoms with Gasteiger partial charge in [-0.15, -0.1) is 0 Å². The maximum Gasteiger partial charge on any atom is 0.230 e. The first kappa shape index (κ1) is 14.9. The van der Waals surface area contributed by atoms with E-state index < -0.39 is 5.41 Å². The Morgan fingerprint density at radius 2 is 2.20 bits per heavy atom. The van der Waals surface area contributed by atoms with Gasteiger partial charge in [0.05, 0.1) is 12.5 Å². The number of benzene rings is 1. The minimum absolute atomic E-state index is 0.0323. The van der Waals surface area contributed by atoms with Crippen LogP contribution in [0, 0.1) is 5.41 Å². The van der Waals surface area contributed by atoms with Gasteiger partial charge in [-0.05, 0) is 25.8 Å². The van der Waals surface area contributed by atoms with E-state index >= 15 is 0 Å². The van der Waals surface area contributed by atoms with Crippen LogP contribution in [-0.2, 0) is 11.3 Å². The number of nitrogens with two attached hydrogens (primary N) is 1. The highest BCUT2D eigenvalue weighted by Gasteiger charge is 2.44. The van der Waals surface area contributed by atoms with E-state index in [1.165, 1.54) is 0 Å². The van der Waals surface area contributed by atoms with Crippen molar-refractivity contribution in [1.82, 2.24) is 4.90 Å². The fourth-order valence-electron chi connectivity index (χ4n) is 3.06. The van der Waals surface area contributed by atoms with Crippen LogP contribution in [0.2, 0.25) is 0 Å². The second-order valence-electron chi connectivity index (χ2n) is 5.89. The van der Waals surface area contributed by atoms with Gasteiger partial charge in [-0.1, -0.05) is 24.6 Å². The van der Waals surface area contributed by atoms with Crippen molar-refractivity contribution < 1.29 is 9.53 Å². The van der Waals surface area contributed by atoms with Gasteiger partial charge >= 0.3 is 0 Å². The maximum atomic E-state index is 12.7. The van der Waals surface area contributed by atoms with Gasteiger partial charge in [0.1, 0.15) is 5.75 Å². The average Bonchev–Trinajstić information content (AvgIpc) is 2.79. The number of hydrogen-bond donors (Lipinski definition) is 1. The van der Waals surface area contributed by atoms with E-state index in [0.717, 1.165) is 30.6 Å². The summed E-state index contributed by atoms with van der Waals surface area (Å²) < 4.78 is 5.34. The van der Waals surface area contributed by atoms with Gasteiger partial charge in [0, 0.05) is 25.2 Å². The van der Waals surface area contributed by atoms with Crippen molar-refractivity contribution in [3.05, 3.63) is 29.8 Å². The quantitative estimate of drug-likeness (QED) is 0.917. The standard InChI is InChI=1S/C16H24N2O2/c1-16(10-6-9-14(16)17)15(19)18(2)11-12-7-4-5-8-13(12)20-3/h4-5,7-8,14H,6,9-11,17H2,1-3H3. The first-order chi connectivity index (χ1) is 9.49. The molecule has 1 aromatic carbocycles. The van der Waals surface area contributed by atoms with Crippen molar-refractivity contribution in [2.45, 2.75) is 38.8 Å². The number of carbonyl (C=O) groups is 1. The van der Waals surface area contributed by atoms with Crippen molar-refractivity contribution in [3.8, 4) is 5.75 Å². The highest BCUT2D eigenvalue weighted by molar-refractivity contribution is 5.83. The second kappa shape index (κ2) is 5.83. The topological polar surface area (TPSA) is 55.6 Å². The van der Waals surface area contributed by atoms with Gasteiger partial charge in [0.25, 0.3) is 0 Å². The highest BCUT2D eigenvalue weighted by atomic mass is 16.5. The van der Waals surface area contributed by atoms with E-state index in [4.69, 9.17) is 10.5 Å². The molecule has 0 heterocycles. The fourth-order valence-corrected chi connectivity index (χ4v) is 3.06. The second-order valence-corrected chi connectivity index (χ2v) is 5.89. The normalized spacial score (nSPS) is 25.5. The van der Waals surface area contributed by atoms with Crippen LogP contribution in [-0.4, -0.2) is 31.0 Å². The van der Waals surface area contributed by atoms with E-state index in [-0.39, 0.29) is 11.9 Å². The summed E-state index contributed by atoms with van der Waals surface area (Å²) in [4.78, 5) is 14.5. The van der Waals surface area contributed by atoms with Crippen LogP contribution in [0.5, 0.6) is 5.75 Å². The molecule has 0 radical (unpaired) electrons. The third-order valence-electron chi connectivity index (χ3n) is 4.46. The molecule has 2 N–H and O–H groups in total. The van der Waals surface area contributed by atoms with Crippen LogP contribution in [0.4, 0.5) is 0 Å². The Morgan fingerprint density at radius 3 is 2.80 bits per heavy atom. The maximum absolute atomic E-state index is 12.7. The molecule has 1 amide bonds. The molecule has 1 fully saturated rings. The van der Waals surface area contributed by atoms with Crippen LogP contribution < -0.4 is 10.5 Å². The molecule has 0 spiro atoms. The molecule has 1 aliphatic carbocycles. The van der Waals surface area contributed by atoms with Crippen LogP contribution in [0.1, 0.15) is 31.7 Å². The predicted octanol–water partition coefficient (Wildman–Crippen LogP) is 2.17. The molecule has 1 aromatic rings. The number of para-hydroxylation sites is 1. The summed E-state index contributed by atoms with van der Waals surface area (Å²) in [6.07, 6.45) is 2.85. The molecule has 0 bridgehead atoms. The zero-order valence-corrected chi connectivity index (χ0v) is 12.6. The molecule has 1 aliphatic rings. The number of methoxy groups -OCH3 is 1. The van der Waals surface area contributed by atoms with Crippen LogP contribution >= 0.6 is 0 Å². The summed E-state index contributed by atoms with van der Waals surface area (Å²) in [5, 5.41) is 0. The molecule has 4 heteroatoms. The van der Waals surface area contributed by atoms with Gasteiger partial charge in [-0.3, -0.25) is 4.79 Å². The summed E-state index contributed by atoms with van der Waals surface area (Å²) in [7, 11) is 3.49. The largest absolute Gasteiger partial charge is 0.496 e. The molecule has 0 aromatic heterocycles. The molecular weight excluding hydrogens is 252 g/mol. The first-order valence-electron chi connectivity index (χ1n) is 7.12. The number of amides is 1. The summed E-state index contributed by atoms with van der Waals surface area (Å²) in [6, 6.07) is 7.75. The Hall–Kier alpha value is -1.55. The summed E-state index contributed by atoms with van der Waals surface area (Å²) in [5.74, 6) is 0.946. The number of rotatable bonds is 4. The first-order valence-corrected chi connectivity index (χ1v) is 7.12. The lowest BCUT2D eigenvalue weighted by atomic mass is 9.83. The van der Waals surface area contributed by atoms with E-state index in [2.05, 4.69) is 0 Å². The lowest BCUT2D eigenvalue weighted by Crippen LogP contribution is -2.47. The molecule has 4 nitrogen and oxygen atoms in total. The Labute approximate surface area is 120 Å². The molecule has 0 saturated heterocycles. The van der Waals surface area contributed by atoms with Crippen LogP contribution in [0.3, 0.4) is 0 Å². The van der Waals surface area contributed by atoms with Crippen molar-refractivity contribution in [3.63, 3.8) is 0 Å². The highest BCUT2D eigenvalue weighted by Crippen LogP contribution is 2.38. The minimum atomic E-state index is -0.420. The lowest BCUT2D eigenvalue weighted by molar-refractivity contribution is -0.140. The number of carbonyl (C=O) groups excluding carboxylic acids is 1. The van der Waals surface area contributed by atoms with Crippen molar-refractivity contribution in [2.24, 2.45) is 11.1 Å². The Morgan fingerprint density at radius 1 is 1.50 bits per heavy atom. The average molecular weight is 276 g/mol. The Balaban J connectivity index is 2.12. The van der Waals surface area contributed by atoms with Crippen molar-refractivity contribution >= 4 is 5.91 Å². The van der Waals surface area contributed by atoms with Gasteiger partial charge in [-0.25, -0.2) is 0 Å². The minimum Gasteiger partial charge on any atom is -0.496 e. The number of ether oxygens (including phenoxy) is 1. The van der Waals surface area contributed by atoms with Gasteiger partial charge < -0.3 is 15.4 Å². The van der Waals surface area contributed by atoms with E-state index in [0.29, 0.717) is 6.54 Å². The zero-order chi connectivity index (χ0) is 14.8. The Kier molecular flexibility index (Phi) is 4.33. The number of hydrogen-bond acceptors (Lipinski definition) is 3.